The van der Waals surface area contributed by atoms with Crippen molar-refractivity contribution in [3.63, 3.8) is 0 Å². The Balaban J connectivity index is 1.71. The standard InChI is InChI=1S/C26H26B2N2/c1-29(2)27-25-21-13-17-9-5-7-11-19(17)15-23(21)26(28(27)30(3)4)24-16-20-12-8-6-10-18(20)14-22(24)25/h5-16,25-26H,1-4H3. The largest absolute Gasteiger partial charge is 0.351 e. The number of hydrogen-bond donors (Lipinski definition) is 0. The summed E-state index contributed by atoms with van der Waals surface area (Å²) < 4.78 is 0. The number of rotatable bonds is 2. The van der Waals surface area contributed by atoms with Crippen LogP contribution >= 0.6 is 0 Å². The van der Waals surface area contributed by atoms with E-state index in [9.17, 15) is 0 Å². The molecule has 3 aliphatic rings. The Morgan fingerprint density at radius 2 is 0.767 bits per heavy atom. The summed E-state index contributed by atoms with van der Waals surface area (Å²) in [6.45, 7) is 0.902. The van der Waals surface area contributed by atoms with Crippen LogP contribution in [0.5, 0.6) is 0 Å². The molecule has 0 saturated carbocycles. The van der Waals surface area contributed by atoms with E-state index in [-0.39, 0.29) is 0 Å². The van der Waals surface area contributed by atoms with Crippen molar-refractivity contribution in [1.82, 2.24) is 9.62 Å². The Hall–Kier alpha value is -2.55. The van der Waals surface area contributed by atoms with Crippen LogP contribution in [-0.2, 0) is 0 Å². The fourth-order valence-electron chi connectivity index (χ4n) is 6.30. The second-order valence-corrected chi connectivity index (χ2v) is 9.52. The maximum Gasteiger partial charge on any atom is 0.221 e. The molecule has 2 bridgehead atoms. The van der Waals surface area contributed by atoms with Crippen LogP contribution in [0, 0.1) is 0 Å². The molecule has 146 valence electrons. The van der Waals surface area contributed by atoms with E-state index in [1.54, 1.807) is 0 Å². The Kier molecular flexibility index (Phi) is 3.93. The average Bonchev–Trinajstić information content (AvgIpc) is 2.75. The maximum atomic E-state index is 2.48. The van der Waals surface area contributed by atoms with Crippen LogP contribution in [0.4, 0.5) is 0 Å². The van der Waals surface area contributed by atoms with E-state index in [2.05, 4.69) is 111 Å². The molecule has 0 aromatic heterocycles. The van der Waals surface area contributed by atoms with Crippen molar-refractivity contribution in [2.45, 2.75) is 11.6 Å². The fraction of sp³-hybridized carbons (Fsp3) is 0.231. The van der Waals surface area contributed by atoms with Gasteiger partial charge in [0.05, 0.1) is 0 Å². The van der Waals surface area contributed by atoms with Crippen molar-refractivity contribution in [2.24, 2.45) is 0 Å². The SMILES string of the molecule is CN(C)B1B(N(C)C)C2c3cc4ccccc4cc3C1c1cc3ccccc3cc12. The third-order valence-corrected chi connectivity index (χ3v) is 7.47. The van der Waals surface area contributed by atoms with E-state index in [1.165, 1.54) is 43.8 Å². The molecule has 0 unspecified atom stereocenters. The van der Waals surface area contributed by atoms with Crippen molar-refractivity contribution >= 4 is 35.0 Å². The van der Waals surface area contributed by atoms with E-state index in [0.29, 0.717) is 25.1 Å². The summed E-state index contributed by atoms with van der Waals surface area (Å²) >= 11 is 0. The monoisotopic (exact) mass is 388 g/mol. The highest BCUT2D eigenvalue weighted by Crippen LogP contribution is 2.53. The normalized spacial score (nSPS) is 19.8. The molecule has 0 atom stereocenters. The number of hydrogen-bond acceptors (Lipinski definition) is 2. The van der Waals surface area contributed by atoms with Crippen molar-refractivity contribution in [3.8, 4) is 0 Å². The molecule has 30 heavy (non-hydrogen) atoms. The zero-order valence-corrected chi connectivity index (χ0v) is 18.1. The Bertz CT molecular complexity index is 1110. The van der Waals surface area contributed by atoms with Gasteiger partial charge in [0.2, 0.25) is 13.5 Å². The highest BCUT2D eigenvalue weighted by Gasteiger charge is 2.56. The zero-order valence-electron chi connectivity index (χ0n) is 18.1. The van der Waals surface area contributed by atoms with Gasteiger partial charge in [-0.1, -0.05) is 72.8 Å². The van der Waals surface area contributed by atoms with Crippen LogP contribution in [0.2, 0.25) is 0 Å². The fourth-order valence-corrected chi connectivity index (χ4v) is 6.30. The molecule has 4 heteroatoms. The van der Waals surface area contributed by atoms with Crippen LogP contribution in [0.1, 0.15) is 33.9 Å². The molecule has 2 heterocycles. The van der Waals surface area contributed by atoms with Gasteiger partial charge in [0.1, 0.15) is 0 Å². The van der Waals surface area contributed by atoms with Gasteiger partial charge >= 0.3 is 0 Å². The van der Waals surface area contributed by atoms with Gasteiger partial charge in [-0.15, -0.1) is 0 Å². The quantitative estimate of drug-likeness (QED) is 0.453. The third-order valence-electron chi connectivity index (χ3n) is 7.47. The van der Waals surface area contributed by atoms with E-state index in [1.807, 2.05) is 0 Å². The molecule has 0 N–H and O–H groups in total. The van der Waals surface area contributed by atoms with Crippen molar-refractivity contribution in [2.75, 3.05) is 28.2 Å². The van der Waals surface area contributed by atoms with Gasteiger partial charge in [0.25, 0.3) is 0 Å². The molecule has 0 amide bonds. The lowest BCUT2D eigenvalue weighted by Crippen LogP contribution is -2.66. The lowest BCUT2D eigenvalue weighted by Gasteiger charge is -2.51. The smallest absolute Gasteiger partial charge is 0.221 e. The molecule has 2 aliphatic heterocycles. The molecule has 2 nitrogen and oxygen atoms in total. The predicted molar refractivity (Wildman–Crippen MR) is 130 cm³/mol. The van der Waals surface area contributed by atoms with Gasteiger partial charge in [0.15, 0.2) is 0 Å². The number of nitrogens with zero attached hydrogens (tertiary/aromatic N) is 2. The predicted octanol–water partition coefficient (Wildman–Crippen LogP) is 4.85. The molecular weight excluding hydrogens is 362 g/mol. The molecule has 7 rings (SSSR count). The van der Waals surface area contributed by atoms with Gasteiger partial charge in [-0.05, 0) is 83.6 Å². The molecule has 0 radical (unpaired) electrons. The molecule has 4 aromatic carbocycles. The summed E-state index contributed by atoms with van der Waals surface area (Å²) in [6.07, 6.45) is 0. The summed E-state index contributed by atoms with van der Waals surface area (Å²) in [5.74, 6) is 0.772. The number of fused-ring (bicyclic) bond motifs is 3. The first-order valence-corrected chi connectivity index (χ1v) is 10.9. The van der Waals surface area contributed by atoms with Crippen LogP contribution in [-0.4, -0.2) is 51.3 Å². The highest BCUT2D eigenvalue weighted by molar-refractivity contribution is 7.22. The average molecular weight is 388 g/mol. The summed E-state index contributed by atoms with van der Waals surface area (Å²) in [7, 11) is 9.01. The molecule has 0 saturated heterocycles. The van der Waals surface area contributed by atoms with Gasteiger partial charge < -0.3 is 9.62 Å². The molecular formula is C26H26B2N2. The number of benzene rings is 4. The maximum absolute atomic E-state index is 2.48. The Morgan fingerprint density at radius 3 is 1.00 bits per heavy atom. The third kappa shape index (κ3) is 2.41. The van der Waals surface area contributed by atoms with Crippen molar-refractivity contribution < 1.29 is 0 Å². The zero-order chi connectivity index (χ0) is 20.6. The van der Waals surface area contributed by atoms with Crippen molar-refractivity contribution in [1.29, 1.82) is 0 Å². The first-order valence-electron chi connectivity index (χ1n) is 10.9. The van der Waals surface area contributed by atoms with Crippen LogP contribution in [0.15, 0.2) is 72.8 Å². The van der Waals surface area contributed by atoms with E-state index in [0.717, 1.165) is 0 Å². The molecule has 0 spiro atoms. The highest BCUT2D eigenvalue weighted by atomic mass is 15.0. The van der Waals surface area contributed by atoms with E-state index in [4.69, 9.17) is 0 Å². The second kappa shape index (κ2) is 6.47. The lowest BCUT2D eigenvalue weighted by atomic mass is 9.05. The first kappa shape index (κ1) is 18.2. The summed E-state index contributed by atoms with van der Waals surface area (Å²) in [5, 5.41) is 5.41. The van der Waals surface area contributed by atoms with Crippen LogP contribution in [0.25, 0.3) is 21.5 Å². The van der Waals surface area contributed by atoms with Crippen LogP contribution in [0.3, 0.4) is 0 Å². The van der Waals surface area contributed by atoms with E-state index < -0.39 is 0 Å². The minimum atomic E-state index is 0.386. The second-order valence-electron chi connectivity index (χ2n) is 9.52. The Labute approximate surface area is 179 Å². The molecule has 1 aliphatic carbocycles. The van der Waals surface area contributed by atoms with Gasteiger partial charge in [-0.3, -0.25) is 0 Å². The molecule has 4 aromatic rings. The topological polar surface area (TPSA) is 6.48 Å². The van der Waals surface area contributed by atoms with Gasteiger partial charge in [0, 0.05) is 0 Å². The van der Waals surface area contributed by atoms with Gasteiger partial charge in [-0.25, -0.2) is 0 Å². The summed E-state index contributed by atoms with van der Waals surface area (Å²) in [5.41, 5.74) is 6.10. The Morgan fingerprint density at radius 1 is 0.500 bits per heavy atom. The molecule has 0 fully saturated rings. The van der Waals surface area contributed by atoms with E-state index >= 15 is 0 Å². The first-order chi connectivity index (χ1) is 14.5. The van der Waals surface area contributed by atoms with Crippen molar-refractivity contribution in [3.05, 3.63) is 95.1 Å². The summed E-state index contributed by atoms with van der Waals surface area (Å²) in [6, 6.07) is 27.6. The van der Waals surface area contributed by atoms with Crippen LogP contribution < -0.4 is 0 Å². The lowest BCUT2D eigenvalue weighted by molar-refractivity contribution is 0.589. The minimum absolute atomic E-state index is 0.386. The van der Waals surface area contributed by atoms with Gasteiger partial charge in [-0.2, -0.15) is 0 Å². The summed E-state index contributed by atoms with van der Waals surface area (Å²) in [4.78, 5) is 4.91. The minimum Gasteiger partial charge on any atom is -0.351 e.